The normalized spacial score (nSPS) is 10.9. The second kappa shape index (κ2) is 7.90. The largest absolute Gasteiger partial charge is 0.497 e. The molecule has 0 saturated heterocycles. The third-order valence-electron chi connectivity index (χ3n) is 3.19. The number of hydrogen-bond acceptors (Lipinski definition) is 3. The minimum atomic E-state index is 0.616. The lowest BCUT2D eigenvalue weighted by Crippen LogP contribution is -1.94. The highest BCUT2D eigenvalue weighted by atomic mass is 16.5. The van der Waals surface area contributed by atoms with Crippen molar-refractivity contribution in [1.29, 1.82) is 5.26 Å². The van der Waals surface area contributed by atoms with E-state index in [2.05, 4.69) is 13.0 Å². The van der Waals surface area contributed by atoms with Crippen LogP contribution in [0.4, 0.5) is 0 Å². The topological polar surface area (TPSA) is 42.2 Å². The van der Waals surface area contributed by atoms with Gasteiger partial charge in [-0.3, -0.25) is 0 Å². The summed E-state index contributed by atoms with van der Waals surface area (Å²) in [6.07, 6.45) is 2.85. The molecule has 0 unspecified atom stereocenters. The molecule has 112 valence electrons. The van der Waals surface area contributed by atoms with Crippen molar-refractivity contribution in [1.82, 2.24) is 0 Å². The molecule has 0 spiro atoms. The van der Waals surface area contributed by atoms with E-state index in [0.717, 1.165) is 29.0 Å². The lowest BCUT2D eigenvalue weighted by molar-refractivity contribution is 0.317. The fourth-order valence-electron chi connectivity index (χ4n) is 2.00. The molecule has 0 fully saturated rings. The van der Waals surface area contributed by atoms with E-state index in [1.807, 2.05) is 54.6 Å². The van der Waals surface area contributed by atoms with E-state index in [0.29, 0.717) is 12.2 Å². The molecule has 0 radical (unpaired) electrons. The van der Waals surface area contributed by atoms with Crippen molar-refractivity contribution in [2.75, 3.05) is 13.7 Å². The molecule has 0 aromatic heterocycles. The molecular weight excluding hydrogens is 274 g/mol. The van der Waals surface area contributed by atoms with Crippen LogP contribution in [0.1, 0.15) is 24.5 Å². The summed E-state index contributed by atoms with van der Waals surface area (Å²) < 4.78 is 10.7. The molecule has 0 amide bonds. The Bertz CT molecular complexity index is 664. The maximum Gasteiger partial charge on any atom is 0.119 e. The molecule has 0 aliphatic rings. The summed E-state index contributed by atoms with van der Waals surface area (Å²) >= 11 is 0. The minimum Gasteiger partial charge on any atom is -0.497 e. The Balaban J connectivity index is 2.19. The van der Waals surface area contributed by atoms with E-state index in [9.17, 15) is 5.26 Å². The van der Waals surface area contributed by atoms with Gasteiger partial charge in [0.15, 0.2) is 0 Å². The highest BCUT2D eigenvalue weighted by Crippen LogP contribution is 2.22. The van der Waals surface area contributed by atoms with Crippen molar-refractivity contribution in [3.8, 4) is 17.6 Å². The van der Waals surface area contributed by atoms with E-state index in [1.54, 1.807) is 7.11 Å². The van der Waals surface area contributed by atoms with Crippen LogP contribution in [-0.4, -0.2) is 13.7 Å². The third kappa shape index (κ3) is 4.13. The Kier molecular flexibility index (Phi) is 5.62. The number of methoxy groups -OCH3 is 1. The standard InChI is InChI=1S/C19H19NO2/c1-3-12-22-19-8-4-15(5-9-19)13-17(14-20)16-6-10-18(21-2)11-7-16/h4-11,13H,3,12H2,1-2H3/b17-13+. The van der Waals surface area contributed by atoms with Gasteiger partial charge in [0.25, 0.3) is 0 Å². The molecule has 2 aromatic rings. The number of benzene rings is 2. The number of nitrogens with zero attached hydrogens (tertiary/aromatic N) is 1. The Morgan fingerprint density at radius 3 is 2.23 bits per heavy atom. The zero-order chi connectivity index (χ0) is 15.8. The van der Waals surface area contributed by atoms with E-state index < -0.39 is 0 Å². The monoisotopic (exact) mass is 293 g/mol. The Labute approximate surface area is 131 Å². The quantitative estimate of drug-likeness (QED) is 0.579. The van der Waals surface area contributed by atoms with Crippen LogP contribution in [0.3, 0.4) is 0 Å². The number of nitriles is 1. The van der Waals surface area contributed by atoms with Crippen molar-refractivity contribution >= 4 is 11.6 Å². The summed E-state index contributed by atoms with van der Waals surface area (Å²) in [5.41, 5.74) is 2.45. The van der Waals surface area contributed by atoms with Crippen LogP contribution in [0.25, 0.3) is 11.6 Å². The second-order valence-electron chi connectivity index (χ2n) is 4.82. The first-order valence-corrected chi connectivity index (χ1v) is 7.26. The van der Waals surface area contributed by atoms with Crippen LogP contribution in [0.5, 0.6) is 11.5 Å². The Morgan fingerprint density at radius 1 is 1.05 bits per heavy atom. The average molecular weight is 293 g/mol. The van der Waals surface area contributed by atoms with E-state index >= 15 is 0 Å². The predicted octanol–water partition coefficient (Wildman–Crippen LogP) is 4.55. The molecule has 0 aliphatic carbocycles. The molecule has 0 atom stereocenters. The van der Waals surface area contributed by atoms with Crippen LogP contribution in [0.15, 0.2) is 48.5 Å². The highest BCUT2D eigenvalue weighted by molar-refractivity contribution is 5.89. The zero-order valence-corrected chi connectivity index (χ0v) is 12.9. The van der Waals surface area contributed by atoms with Gasteiger partial charge in [-0.15, -0.1) is 0 Å². The van der Waals surface area contributed by atoms with Crippen LogP contribution in [0.2, 0.25) is 0 Å². The first-order valence-electron chi connectivity index (χ1n) is 7.26. The van der Waals surface area contributed by atoms with Gasteiger partial charge >= 0.3 is 0 Å². The number of allylic oxidation sites excluding steroid dienone is 1. The molecule has 0 N–H and O–H groups in total. The number of rotatable bonds is 6. The van der Waals surface area contributed by atoms with Crippen LogP contribution >= 0.6 is 0 Å². The van der Waals surface area contributed by atoms with Crippen LogP contribution in [0, 0.1) is 11.3 Å². The van der Waals surface area contributed by atoms with Gasteiger partial charge in [-0.1, -0.05) is 19.1 Å². The smallest absolute Gasteiger partial charge is 0.119 e. The summed E-state index contributed by atoms with van der Waals surface area (Å²) in [5, 5.41) is 9.36. The number of hydrogen-bond donors (Lipinski definition) is 0. The lowest BCUT2D eigenvalue weighted by Gasteiger charge is -2.05. The van der Waals surface area contributed by atoms with Gasteiger partial charge in [-0.2, -0.15) is 5.26 Å². The maximum atomic E-state index is 9.36. The summed E-state index contributed by atoms with van der Waals surface area (Å²) in [6.45, 7) is 2.79. The lowest BCUT2D eigenvalue weighted by atomic mass is 10.0. The van der Waals surface area contributed by atoms with Crippen molar-refractivity contribution < 1.29 is 9.47 Å². The molecule has 0 saturated carbocycles. The van der Waals surface area contributed by atoms with Gasteiger partial charge in [0.05, 0.1) is 25.4 Å². The van der Waals surface area contributed by atoms with Gasteiger partial charge in [0.1, 0.15) is 11.5 Å². The van der Waals surface area contributed by atoms with E-state index in [1.165, 1.54) is 0 Å². The second-order valence-corrected chi connectivity index (χ2v) is 4.82. The van der Waals surface area contributed by atoms with Crippen molar-refractivity contribution in [2.24, 2.45) is 0 Å². The fraction of sp³-hybridized carbons (Fsp3) is 0.211. The first-order chi connectivity index (χ1) is 10.8. The summed E-state index contributed by atoms with van der Waals surface area (Å²) in [6, 6.07) is 17.4. The van der Waals surface area contributed by atoms with Gasteiger partial charge < -0.3 is 9.47 Å². The molecular formula is C19H19NO2. The van der Waals surface area contributed by atoms with Crippen LogP contribution < -0.4 is 9.47 Å². The molecule has 2 rings (SSSR count). The molecule has 3 heteroatoms. The van der Waals surface area contributed by atoms with Crippen molar-refractivity contribution in [2.45, 2.75) is 13.3 Å². The number of ether oxygens (including phenoxy) is 2. The fourth-order valence-corrected chi connectivity index (χ4v) is 2.00. The average Bonchev–Trinajstić information content (AvgIpc) is 2.59. The Morgan fingerprint density at radius 2 is 1.68 bits per heavy atom. The van der Waals surface area contributed by atoms with Gasteiger partial charge in [0, 0.05) is 0 Å². The van der Waals surface area contributed by atoms with E-state index in [4.69, 9.17) is 9.47 Å². The molecule has 0 aliphatic heterocycles. The zero-order valence-electron chi connectivity index (χ0n) is 12.9. The predicted molar refractivity (Wildman–Crippen MR) is 88.7 cm³/mol. The molecule has 22 heavy (non-hydrogen) atoms. The highest BCUT2D eigenvalue weighted by Gasteiger charge is 2.02. The molecule has 2 aromatic carbocycles. The van der Waals surface area contributed by atoms with Gasteiger partial charge in [0.2, 0.25) is 0 Å². The molecule has 0 heterocycles. The summed E-state index contributed by atoms with van der Waals surface area (Å²) in [4.78, 5) is 0. The SMILES string of the molecule is CCCOc1ccc(/C=C(\C#N)c2ccc(OC)cc2)cc1. The molecule has 3 nitrogen and oxygen atoms in total. The van der Waals surface area contributed by atoms with E-state index in [-0.39, 0.29) is 0 Å². The minimum absolute atomic E-state index is 0.616. The van der Waals surface area contributed by atoms with Crippen LogP contribution in [-0.2, 0) is 0 Å². The van der Waals surface area contributed by atoms with Crippen molar-refractivity contribution in [3.05, 3.63) is 59.7 Å². The summed E-state index contributed by atoms with van der Waals surface area (Å²) in [7, 11) is 1.62. The van der Waals surface area contributed by atoms with Gasteiger partial charge in [-0.05, 0) is 60.0 Å². The Hall–Kier alpha value is -2.73. The van der Waals surface area contributed by atoms with Crippen molar-refractivity contribution in [3.63, 3.8) is 0 Å². The summed E-state index contributed by atoms with van der Waals surface area (Å²) in [5.74, 6) is 1.63. The first kappa shape index (κ1) is 15.7. The van der Waals surface area contributed by atoms with Gasteiger partial charge in [-0.25, -0.2) is 0 Å². The maximum absolute atomic E-state index is 9.36. The molecule has 0 bridgehead atoms. The third-order valence-corrected chi connectivity index (χ3v) is 3.19.